The highest BCUT2D eigenvalue weighted by atomic mass is 35.5. The minimum atomic E-state index is -0.232. The SMILES string of the molecule is COc1cc(N)c(Cl)cc1C(=O)NCCCCOCc1ccccc1.Cl. The van der Waals surface area contributed by atoms with E-state index in [1.807, 2.05) is 30.3 Å². The van der Waals surface area contributed by atoms with Crippen LogP contribution >= 0.6 is 24.0 Å². The molecule has 142 valence electrons. The van der Waals surface area contributed by atoms with Gasteiger partial charge >= 0.3 is 0 Å². The average molecular weight is 399 g/mol. The Bertz CT molecular complexity index is 697. The summed E-state index contributed by atoms with van der Waals surface area (Å²) in [6, 6.07) is 13.1. The van der Waals surface area contributed by atoms with E-state index in [0.29, 0.717) is 41.8 Å². The molecule has 7 heteroatoms. The highest BCUT2D eigenvalue weighted by molar-refractivity contribution is 6.33. The lowest BCUT2D eigenvalue weighted by Gasteiger charge is -2.11. The molecule has 3 N–H and O–H groups in total. The van der Waals surface area contributed by atoms with Gasteiger partial charge in [0.2, 0.25) is 0 Å². The van der Waals surface area contributed by atoms with Crippen LogP contribution in [0.4, 0.5) is 5.69 Å². The van der Waals surface area contributed by atoms with Gasteiger partial charge in [-0.05, 0) is 24.5 Å². The number of ether oxygens (including phenoxy) is 2. The van der Waals surface area contributed by atoms with Crippen LogP contribution in [0.3, 0.4) is 0 Å². The van der Waals surface area contributed by atoms with E-state index in [0.717, 1.165) is 18.4 Å². The summed E-state index contributed by atoms with van der Waals surface area (Å²) >= 11 is 5.98. The van der Waals surface area contributed by atoms with Crippen LogP contribution in [0.25, 0.3) is 0 Å². The number of nitrogens with one attached hydrogen (secondary N) is 1. The van der Waals surface area contributed by atoms with Crippen LogP contribution in [0.1, 0.15) is 28.8 Å². The van der Waals surface area contributed by atoms with Crippen molar-refractivity contribution in [3.8, 4) is 5.75 Å². The van der Waals surface area contributed by atoms with Crippen LogP contribution in [0, 0.1) is 0 Å². The molecule has 0 radical (unpaired) electrons. The fourth-order valence-corrected chi connectivity index (χ4v) is 2.47. The van der Waals surface area contributed by atoms with E-state index in [9.17, 15) is 4.79 Å². The predicted octanol–water partition coefficient (Wildman–Crippen LogP) is 4.08. The number of nitrogens with two attached hydrogens (primary N) is 1. The molecule has 0 saturated heterocycles. The van der Waals surface area contributed by atoms with Crippen molar-refractivity contribution in [1.29, 1.82) is 0 Å². The molecule has 0 bridgehead atoms. The largest absolute Gasteiger partial charge is 0.496 e. The Morgan fingerprint density at radius 3 is 2.62 bits per heavy atom. The van der Waals surface area contributed by atoms with Gasteiger partial charge in [-0.15, -0.1) is 12.4 Å². The van der Waals surface area contributed by atoms with E-state index in [4.69, 9.17) is 26.8 Å². The third kappa shape index (κ3) is 6.75. The summed E-state index contributed by atoms with van der Waals surface area (Å²) in [5.74, 6) is 0.176. The number of carbonyl (C=O) groups is 1. The zero-order chi connectivity index (χ0) is 18.1. The maximum Gasteiger partial charge on any atom is 0.255 e. The topological polar surface area (TPSA) is 73.6 Å². The minimum absolute atomic E-state index is 0. The molecule has 1 amide bonds. The van der Waals surface area contributed by atoms with Crippen LogP contribution in [0.5, 0.6) is 5.75 Å². The van der Waals surface area contributed by atoms with Gasteiger partial charge in [-0.3, -0.25) is 4.79 Å². The standard InChI is InChI=1S/C19H23ClN2O3.ClH/c1-24-18-12-17(21)16(20)11-15(18)19(23)22-9-5-6-10-25-13-14-7-3-2-4-8-14;/h2-4,7-8,11-12H,5-6,9-10,13,21H2,1H3,(H,22,23);1H. The van der Waals surface area contributed by atoms with Gasteiger partial charge in [0.25, 0.3) is 5.91 Å². The van der Waals surface area contributed by atoms with Crippen LogP contribution in [0.2, 0.25) is 5.02 Å². The molecule has 2 aromatic carbocycles. The molecular weight excluding hydrogens is 375 g/mol. The Kier molecular flexibility index (Phi) is 9.88. The summed E-state index contributed by atoms with van der Waals surface area (Å²) in [5.41, 5.74) is 7.63. The van der Waals surface area contributed by atoms with Gasteiger partial charge in [0.05, 0.1) is 30.0 Å². The summed E-state index contributed by atoms with van der Waals surface area (Å²) in [7, 11) is 1.49. The summed E-state index contributed by atoms with van der Waals surface area (Å²) < 4.78 is 10.8. The third-order valence-corrected chi connectivity index (χ3v) is 4.00. The highest BCUT2D eigenvalue weighted by Crippen LogP contribution is 2.28. The molecule has 0 aromatic heterocycles. The number of hydrogen-bond donors (Lipinski definition) is 2. The molecule has 0 atom stereocenters. The van der Waals surface area contributed by atoms with Crippen molar-refractivity contribution in [2.24, 2.45) is 0 Å². The van der Waals surface area contributed by atoms with Gasteiger partial charge in [0, 0.05) is 19.2 Å². The summed E-state index contributed by atoms with van der Waals surface area (Å²) in [6.45, 7) is 1.81. The Morgan fingerprint density at radius 2 is 1.92 bits per heavy atom. The summed E-state index contributed by atoms with van der Waals surface area (Å²) in [5, 5.41) is 3.19. The van der Waals surface area contributed by atoms with E-state index >= 15 is 0 Å². The molecule has 0 heterocycles. The molecule has 0 saturated carbocycles. The number of amides is 1. The first kappa shape index (κ1) is 22.1. The van der Waals surface area contributed by atoms with Gasteiger partial charge in [0.1, 0.15) is 5.75 Å². The van der Waals surface area contributed by atoms with Crippen LogP contribution in [0.15, 0.2) is 42.5 Å². The van der Waals surface area contributed by atoms with E-state index < -0.39 is 0 Å². The van der Waals surface area contributed by atoms with Crippen molar-refractivity contribution in [3.05, 3.63) is 58.6 Å². The summed E-state index contributed by atoms with van der Waals surface area (Å²) in [6.07, 6.45) is 1.69. The third-order valence-electron chi connectivity index (χ3n) is 3.68. The first-order valence-corrected chi connectivity index (χ1v) is 8.52. The van der Waals surface area contributed by atoms with Crippen LogP contribution in [-0.4, -0.2) is 26.2 Å². The van der Waals surface area contributed by atoms with Crippen molar-refractivity contribution < 1.29 is 14.3 Å². The number of benzene rings is 2. The first-order chi connectivity index (χ1) is 12.1. The van der Waals surface area contributed by atoms with E-state index in [2.05, 4.69) is 5.32 Å². The van der Waals surface area contributed by atoms with Gasteiger partial charge in [0.15, 0.2) is 0 Å². The summed E-state index contributed by atoms with van der Waals surface area (Å²) in [4.78, 5) is 12.2. The maximum absolute atomic E-state index is 12.2. The van der Waals surface area contributed by atoms with Crippen molar-refractivity contribution in [3.63, 3.8) is 0 Å². The molecule has 26 heavy (non-hydrogen) atoms. The Morgan fingerprint density at radius 1 is 1.19 bits per heavy atom. The van der Waals surface area contributed by atoms with Crippen molar-refractivity contribution >= 4 is 35.6 Å². The van der Waals surface area contributed by atoms with Gasteiger partial charge < -0.3 is 20.5 Å². The zero-order valence-electron chi connectivity index (χ0n) is 14.7. The van der Waals surface area contributed by atoms with Crippen LogP contribution < -0.4 is 15.8 Å². The fourth-order valence-electron chi connectivity index (χ4n) is 2.31. The van der Waals surface area contributed by atoms with E-state index in [-0.39, 0.29) is 18.3 Å². The number of rotatable bonds is 9. The molecule has 0 aliphatic rings. The van der Waals surface area contributed by atoms with E-state index in [1.165, 1.54) is 13.2 Å². The fraction of sp³-hybridized carbons (Fsp3) is 0.316. The lowest BCUT2D eigenvalue weighted by Crippen LogP contribution is -2.25. The number of carbonyl (C=O) groups excluding carboxylic acids is 1. The lowest BCUT2D eigenvalue weighted by atomic mass is 10.1. The molecule has 0 aliphatic carbocycles. The van der Waals surface area contributed by atoms with Crippen molar-refractivity contribution in [2.75, 3.05) is 26.0 Å². The second-order valence-electron chi connectivity index (χ2n) is 5.58. The Hall–Kier alpha value is -1.95. The number of unbranched alkanes of at least 4 members (excludes halogenated alkanes) is 1. The molecule has 2 rings (SSSR count). The van der Waals surface area contributed by atoms with E-state index in [1.54, 1.807) is 6.07 Å². The highest BCUT2D eigenvalue weighted by Gasteiger charge is 2.14. The normalized spacial score (nSPS) is 10.1. The second-order valence-corrected chi connectivity index (χ2v) is 5.98. The molecular formula is C19H24Cl2N2O3. The molecule has 0 unspecified atom stereocenters. The van der Waals surface area contributed by atoms with Gasteiger partial charge in [-0.2, -0.15) is 0 Å². The second kappa shape index (κ2) is 11.6. The lowest BCUT2D eigenvalue weighted by molar-refractivity contribution is 0.0943. The maximum atomic E-state index is 12.2. The monoisotopic (exact) mass is 398 g/mol. The number of methoxy groups -OCH3 is 1. The van der Waals surface area contributed by atoms with Crippen LogP contribution in [-0.2, 0) is 11.3 Å². The number of nitrogen functional groups attached to an aromatic ring is 1. The predicted molar refractivity (Wildman–Crippen MR) is 107 cm³/mol. The Labute approximate surface area is 165 Å². The van der Waals surface area contributed by atoms with Crippen molar-refractivity contribution in [1.82, 2.24) is 5.32 Å². The molecule has 5 nitrogen and oxygen atoms in total. The first-order valence-electron chi connectivity index (χ1n) is 8.14. The average Bonchev–Trinajstić information content (AvgIpc) is 2.63. The number of anilines is 1. The quantitative estimate of drug-likeness (QED) is 0.492. The molecule has 0 aliphatic heterocycles. The smallest absolute Gasteiger partial charge is 0.255 e. The van der Waals surface area contributed by atoms with Crippen molar-refractivity contribution in [2.45, 2.75) is 19.4 Å². The zero-order valence-corrected chi connectivity index (χ0v) is 16.2. The molecule has 2 aromatic rings. The molecule has 0 fully saturated rings. The Balaban J connectivity index is 0.00000338. The minimum Gasteiger partial charge on any atom is -0.496 e. The number of hydrogen-bond acceptors (Lipinski definition) is 4. The molecule has 0 spiro atoms. The van der Waals surface area contributed by atoms with Gasteiger partial charge in [-0.1, -0.05) is 41.9 Å². The number of halogens is 2. The van der Waals surface area contributed by atoms with Gasteiger partial charge in [-0.25, -0.2) is 0 Å².